The molecule has 10 heteroatoms. The predicted octanol–water partition coefficient (Wildman–Crippen LogP) is 3.59. The second kappa shape index (κ2) is 8.30. The molecule has 3 aromatic rings. The van der Waals surface area contributed by atoms with E-state index >= 15 is 0 Å². The van der Waals surface area contributed by atoms with Crippen LogP contribution in [-0.2, 0) is 12.7 Å². The van der Waals surface area contributed by atoms with Crippen molar-refractivity contribution in [1.82, 2.24) is 19.6 Å². The third-order valence-corrected chi connectivity index (χ3v) is 3.18. The fourth-order valence-electron chi connectivity index (χ4n) is 2.14. The van der Waals surface area contributed by atoms with Crippen LogP contribution in [-0.4, -0.2) is 30.8 Å². The Morgan fingerprint density at radius 3 is 2.48 bits per heavy atom. The SMILES string of the molecule is CC(C)O.Cc1cc2ncnn2c(NCc2ccc(C(F)(F)F)c(F)c2)n1. The van der Waals surface area contributed by atoms with Crippen molar-refractivity contribution >= 4 is 11.6 Å². The average molecular weight is 385 g/mol. The minimum absolute atomic E-state index is 0.0977. The van der Waals surface area contributed by atoms with E-state index in [1.165, 1.54) is 16.9 Å². The van der Waals surface area contributed by atoms with E-state index in [1.807, 2.05) is 0 Å². The molecule has 0 aliphatic rings. The monoisotopic (exact) mass is 385 g/mol. The predicted molar refractivity (Wildman–Crippen MR) is 91.6 cm³/mol. The van der Waals surface area contributed by atoms with Gasteiger partial charge >= 0.3 is 6.18 Å². The number of hydrogen-bond acceptors (Lipinski definition) is 5. The minimum Gasteiger partial charge on any atom is -0.394 e. The summed E-state index contributed by atoms with van der Waals surface area (Å²) in [7, 11) is 0. The van der Waals surface area contributed by atoms with Gasteiger partial charge in [0.25, 0.3) is 0 Å². The van der Waals surface area contributed by atoms with Gasteiger partial charge in [-0.05, 0) is 38.5 Å². The van der Waals surface area contributed by atoms with Crippen LogP contribution in [0.2, 0.25) is 0 Å². The second-order valence-corrected chi connectivity index (χ2v) is 6.01. The number of benzene rings is 1. The molecule has 0 fully saturated rings. The molecule has 0 unspecified atom stereocenters. The molecule has 3 rings (SSSR count). The molecule has 0 saturated carbocycles. The lowest BCUT2D eigenvalue weighted by Gasteiger charge is -2.11. The van der Waals surface area contributed by atoms with Crippen molar-refractivity contribution in [3.63, 3.8) is 0 Å². The van der Waals surface area contributed by atoms with Gasteiger partial charge in [-0.15, -0.1) is 0 Å². The third kappa shape index (κ3) is 5.61. The molecule has 0 saturated heterocycles. The third-order valence-electron chi connectivity index (χ3n) is 3.18. The molecule has 0 spiro atoms. The van der Waals surface area contributed by atoms with E-state index in [4.69, 9.17) is 5.11 Å². The van der Waals surface area contributed by atoms with Crippen LogP contribution in [0.25, 0.3) is 5.65 Å². The zero-order chi connectivity index (χ0) is 20.2. The summed E-state index contributed by atoms with van der Waals surface area (Å²) in [6, 6.07) is 4.52. The molecule has 1 aromatic carbocycles. The number of aliphatic hydroxyl groups excluding tert-OH is 1. The highest BCUT2D eigenvalue weighted by Crippen LogP contribution is 2.31. The van der Waals surface area contributed by atoms with Crippen molar-refractivity contribution in [2.24, 2.45) is 0 Å². The fraction of sp³-hybridized carbons (Fsp3) is 0.353. The normalized spacial score (nSPS) is 11.4. The van der Waals surface area contributed by atoms with Crippen LogP contribution < -0.4 is 5.32 Å². The lowest BCUT2D eigenvalue weighted by molar-refractivity contribution is -0.140. The number of halogens is 4. The Hall–Kier alpha value is -2.75. The van der Waals surface area contributed by atoms with Crippen LogP contribution in [0.1, 0.15) is 30.7 Å². The van der Waals surface area contributed by atoms with Crippen molar-refractivity contribution in [2.75, 3.05) is 5.32 Å². The van der Waals surface area contributed by atoms with Gasteiger partial charge in [-0.2, -0.15) is 22.8 Å². The van der Waals surface area contributed by atoms with E-state index in [-0.39, 0.29) is 12.6 Å². The van der Waals surface area contributed by atoms with E-state index in [0.29, 0.717) is 22.9 Å². The van der Waals surface area contributed by atoms with Gasteiger partial charge in [-0.1, -0.05) is 6.07 Å². The summed E-state index contributed by atoms with van der Waals surface area (Å²) in [6.07, 6.45) is -3.51. The van der Waals surface area contributed by atoms with Gasteiger partial charge < -0.3 is 10.4 Å². The van der Waals surface area contributed by atoms with E-state index in [9.17, 15) is 17.6 Å². The van der Waals surface area contributed by atoms with Crippen LogP contribution in [0.5, 0.6) is 0 Å². The smallest absolute Gasteiger partial charge is 0.394 e. The quantitative estimate of drug-likeness (QED) is 0.674. The summed E-state index contributed by atoms with van der Waals surface area (Å²) in [4.78, 5) is 8.28. The standard InChI is InChI=1S/C14H11F4N5.C3H8O/c1-8-4-12-20-7-21-23(12)13(22-8)19-6-9-2-3-10(11(15)5-9)14(16,17)18;1-3(2)4/h2-5,7H,6H2,1H3,(H,19,22);3-4H,1-2H3. The van der Waals surface area contributed by atoms with Crippen LogP contribution in [0.4, 0.5) is 23.5 Å². The lowest BCUT2D eigenvalue weighted by Crippen LogP contribution is -2.11. The Labute approximate surface area is 152 Å². The van der Waals surface area contributed by atoms with Gasteiger partial charge in [0.2, 0.25) is 5.95 Å². The summed E-state index contributed by atoms with van der Waals surface area (Å²) >= 11 is 0. The Bertz CT molecular complexity index is 905. The maximum absolute atomic E-state index is 13.5. The second-order valence-electron chi connectivity index (χ2n) is 6.01. The Morgan fingerprint density at radius 2 is 1.89 bits per heavy atom. The fourth-order valence-corrected chi connectivity index (χ4v) is 2.14. The number of alkyl halides is 3. The first-order valence-corrected chi connectivity index (χ1v) is 8.03. The molecule has 0 radical (unpaired) electrons. The average Bonchev–Trinajstić information content (AvgIpc) is 2.99. The van der Waals surface area contributed by atoms with Gasteiger partial charge in [-0.25, -0.2) is 14.4 Å². The summed E-state index contributed by atoms with van der Waals surface area (Å²) in [6.45, 7) is 5.32. The molecule has 6 nitrogen and oxygen atoms in total. The number of anilines is 1. The zero-order valence-corrected chi connectivity index (χ0v) is 14.9. The highest BCUT2D eigenvalue weighted by atomic mass is 19.4. The molecule has 2 heterocycles. The van der Waals surface area contributed by atoms with Crippen molar-refractivity contribution in [1.29, 1.82) is 0 Å². The molecule has 27 heavy (non-hydrogen) atoms. The van der Waals surface area contributed by atoms with Gasteiger partial charge in [0.15, 0.2) is 5.65 Å². The van der Waals surface area contributed by atoms with E-state index in [2.05, 4.69) is 20.4 Å². The lowest BCUT2D eigenvalue weighted by atomic mass is 10.1. The number of nitrogens with one attached hydrogen (secondary N) is 1. The molecule has 0 aliphatic heterocycles. The number of rotatable bonds is 3. The number of hydrogen-bond donors (Lipinski definition) is 2. The Kier molecular flexibility index (Phi) is 6.32. The molecule has 0 bridgehead atoms. The van der Waals surface area contributed by atoms with Crippen molar-refractivity contribution < 1.29 is 22.7 Å². The maximum atomic E-state index is 13.5. The number of aliphatic hydroxyl groups is 1. The van der Waals surface area contributed by atoms with Gasteiger partial charge in [-0.3, -0.25) is 0 Å². The van der Waals surface area contributed by atoms with Crippen molar-refractivity contribution in [3.8, 4) is 0 Å². The maximum Gasteiger partial charge on any atom is 0.419 e. The number of fused-ring (bicyclic) bond motifs is 1. The number of nitrogens with zero attached hydrogens (tertiary/aromatic N) is 4. The van der Waals surface area contributed by atoms with Crippen molar-refractivity contribution in [2.45, 2.75) is 39.6 Å². The summed E-state index contributed by atoms with van der Waals surface area (Å²) < 4.78 is 52.6. The van der Waals surface area contributed by atoms with Crippen LogP contribution in [0, 0.1) is 12.7 Å². The van der Waals surface area contributed by atoms with Gasteiger partial charge in [0, 0.05) is 24.4 Å². The van der Waals surface area contributed by atoms with Crippen molar-refractivity contribution in [3.05, 3.63) is 53.2 Å². The van der Waals surface area contributed by atoms with Crippen LogP contribution in [0.3, 0.4) is 0 Å². The van der Waals surface area contributed by atoms with Gasteiger partial charge in [0.05, 0.1) is 5.56 Å². The largest absolute Gasteiger partial charge is 0.419 e. The first kappa shape index (κ1) is 20.6. The molecule has 0 aliphatic carbocycles. The molecule has 2 N–H and O–H groups in total. The number of aryl methyl sites for hydroxylation is 1. The Morgan fingerprint density at radius 1 is 1.22 bits per heavy atom. The molecule has 0 amide bonds. The summed E-state index contributed by atoms with van der Waals surface area (Å²) in [5.74, 6) is -0.933. The first-order valence-electron chi connectivity index (χ1n) is 8.03. The van der Waals surface area contributed by atoms with E-state index < -0.39 is 17.6 Å². The highest BCUT2D eigenvalue weighted by Gasteiger charge is 2.33. The highest BCUT2D eigenvalue weighted by molar-refractivity contribution is 5.45. The topological polar surface area (TPSA) is 75.3 Å². The minimum atomic E-state index is -4.71. The zero-order valence-electron chi connectivity index (χ0n) is 14.9. The molecular weight excluding hydrogens is 366 g/mol. The van der Waals surface area contributed by atoms with E-state index in [1.54, 1.807) is 26.8 Å². The molecule has 2 aromatic heterocycles. The van der Waals surface area contributed by atoms with Gasteiger partial charge in [0.1, 0.15) is 12.1 Å². The number of aromatic nitrogens is 4. The summed E-state index contributed by atoms with van der Waals surface area (Å²) in [5.41, 5.74) is 0.353. The first-order chi connectivity index (χ1) is 12.6. The van der Waals surface area contributed by atoms with E-state index in [0.717, 1.165) is 12.1 Å². The molecule has 0 atom stereocenters. The Balaban J connectivity index is 0.000000596. The van der Waals surface area contributed by atoms with Crippen LogP contribution in [0.15, 0.2) is 30.6 Å². The van der Waals surface area contributed by atoms with Crippen LogP contribution >= 0.6 is 0 Å². The molecule has 146 valence electrons. The summed E-state index contributed by atoms with van der Waals surface area (Å²) in [5, 5.41) is 15.0. The molecular formula is C17H19F4N5O.